The van der Waals surface area contributed by atoms with E-state index in [9.17, 15) is 9.59 Å². The van der Waals surface area contributed by atoms with E-state index in [1.807, 2.05) is 69.2 Å². The minimum atomic E-state index is -0.470. The Morgan fingerprint density at radius 3 is 1.43 bits per heavy atom. The molecule has 0 spiro atoms. The number of carbonyl (C=O) groups is 2. The van der Waals surface area contributed by atoms with Crippen molar-refractivity contribution in [2.45, 2.75) is 87.6 Å². The van der Waals surface area contributed by atoms with E-state index in [4.69, 9.17) is 0 Å². The molecule has 124 valence electrons. The number of rotatable bonds is 5. The largest absolute Gasteiger partial charge is 0.351 e. The van der Waals surface area contributed by atoms with Gasteiger partial charge in [-0.15, -0.1) is 0 Å². The van der Waals surface area contributed by atoms with Crippen LogP contribution in [0.15, 0.2) is 0 Å². The van der Waals surface area contributed by atoms with Gasteiger partial charge in [0.25, 0.3) is 0 Å². The van der Waals surface area contributed by atoms with Crippen molar-refractivity contribution in [1.29, 1.82) is 0 Å². The molecule has 0 radical (unpaired) electrons. The van der Waals surface area contributed by atoms with Gasteiger partial charge < -0.3 is 5.32 Å². The van der Waals surface area contributed by atoms with E-state index < -0.39 is 10.8 Å². The van der Waals surface area contributed by atoms with Gasteiger partial charge in [0.1, 0.15) is 5.78 Å². The summed E-state index contributed by atoms with van der Waals surface area (Å²) in [5.74, 6) is 0.302. The molecule has 3 nitrogen and oxygen atoms in total. The first-order valence-corrected chi connectivity index (χ1v) is 7.87. The van der Waals surface area contributed by atoms with Crippen LogP contribution in [0.2, 0.25) is 0 Å². The minimum Gasteiger partial charge on any atom is -0.351 e. The molecule has 0 atom stereocenters. The predicted molar refractivity (Wildman–Crippen MR) is 89.2 cm³/mol. The molecule has 0 fully saturated rings. The minimum absolute atomic E-state index is 0.0500. The van der Waals surface area contributed by atoms with Crippen LogP contribution in [-0.2, 0) is 9.59 Å². The van der Waals surface area contributed by atoms with Crippen LogP contribution < -0.4 is 5.32 Å². The second-order valence-electron chi connectivity index (χ2n) is 9.55. The van der Waals surface area contributed by atoms with Crippen molar-refractivity contribution in [3.05, 3.63) is 0 Å². The van der Waals surface area contributed by atoms with E-state index in [1.165, 1.54) is 0 Å². The lowest BCUT2D eigenvalue weighted by atomic mass is 9.70. The van der Waals surface area contributed by atoms with Crippen molar-refractivity contribution < 1.29 is 9.59 Å². The number of ketones is 1. The standard InChI is InChI=1S/C18H35NO2/c1-15(2,3)13(20)17(7,8)11-12-18(9,10)14(21)19-16(4,5)6/h11-12H2,1-10H3,(H,19,21). The maximum atomic E-state index is 12.5. The Bertz CT molecular complexity index is 392. The summed E-state index contributed by atoms with van der Waals surface area (Å²) in [6, 6.07) is 0. The maximum Gasteiger partial charge on any atom is 0.226 e. The highest BCUT2D eigenvalue weighted by Crippen LogP contribution is 2.36. The average Bonchev–Trinajstić information content (AvgIpc) is 2.22. The molecule has 0 aromatic heterocycles. The van der Waals surface area contributed by atoms with Gasteiger partial charge in [-0.1, -0.05) is 48.5 Å². The van der Waals surface area contributed by atoms with E-state index in [2.05, 4.69) is 5.32 Å². The number of Topliss-reactive ketones (excluding diaryl/α,β-unsaturated/α-hetero) is 1. The monoisotopic (exact) mass is 297 g/mol. The molecule has 0 unspecified atom stereocenters. The number of nitrogens with one attached hydrogen (secondary N) is 1. The lowest BCUT2D eigenvalue weighted by Gasteiger charge is -2.35. The number of hydrogen-bond donors (Lipinski definition) is 1. The molecular formula is C18H35NO2. The SMILES string of the molecule is CC(C)(C)NC(=O)C(C)(C)CCC(C)(C)C(=O)C(C)(C)C. The first-order valence-electron chi connectivity index (χ1n) is 7.87. The highest BCUT2D eigenvalue weighted by molar-refractivity contribution is 5.89. The maximum absolute atomic E-state index is 12.5. The quantitative estimate of drug-likeness (QED) is 0.820. The summed E-state index contributed by atoms with van der Waals surface area (Å²) in [4.78, 5) is 24.9. The molecule has 0 aliphatic carbocycles. The van der Waals surface area contributed by atoms with Gasteiger partial charge in [-0.25, -0.2) is 0 Å². The van der Waals surface area contributed by atoms with Crippen molar-refractivity contribution in [3.63, 3.8) is 0 Å². The molecule has 0 saturated carbocycles. The van der Waals surface area contributed by atoms with Crippen LogP contribution in [0.1, 0.15) is 82.1 Å². The zero-order valence-electron chi connectivity index (χ0n) is 15.7. The van der Waals surface area contributed by atoms with Crippen LogP contribution >= 0.6 is 0 Å². The molecule has 0 bridgehead atoms. The first-order chi connectivity index (χ1) is 8.99. The zero-order chi connectivity index (χ0) is 17.3. The lowest BCUT2D eigenvalue weighted by molar-refractivity contribution is -0.137. The fraction of sp³-hybridized carbons (Fsp3) is 0.889. The van der Waals surface area contributed by atoms with Gasteiger partial charge >= 0.3 is 0 Å². The smallest absolute Gasteiger partial charge is 0.226 e. The highest BCUT2D eigenvalue weighted by Gasteiger charge is 2.38. The molecule has 0 aliphatic rings. The Labute approximate surface area is 131 Å². The first kappa shape index (κ1) is 20.1. The van der Waals surface area contributed by atoms with Crippen molar-refractivity contribution in [2.24, 2.45) is 16.2 Å². The molecule has 0 aliphatic heterocycles. The van der Waals surface area contributed by atoms with Crippen molar-refractivity contribution in [2.75, 3.05) is 0 Å². The van der Waals surface area contributed by atoms with E-state index in [-0.39, 0.29) is 22.6 Å². The molecule has 0 aromatic rings. The van der Waals surface area contributed by atoms with Gasteiger partial charge in [-0.3, -0.25) is 9.59 Å². The zero-order valence-corrected chi connectivity index (χ0v) is 15.7. The van der Waals surface area contributed by atoms with Crippen LogP contribution in [0.25, 0.3) is 0 Å². The van der Waals surface area contributed by atoms with Gasteiger partial charge in [0.05, 0.1) is 0 Å². The fourth-order valence-electron chi connectivity index (χ4n) is 2.38. The summed E-state index contributed by atoms with van der Waals surface area (Å²) in [6.45, 7) is 19.7. The summed E-state index contributed by atoms with van der Waals surface area (Å²) in [5.41, 5.74) is -1.45. The summed E-state index contributed by atoms with van der Waals surface area (Å²) in [6.07, 6.45) is 1.41. The molecule has 3 heteroatoms. The van der Waals surface area contributed by atoms with Crippen LogP contribution in [0.5, 0.6) is 0 Å². The van der Waals surface area contributed by atoms with Crippen LogP contribution in [0.4, 0.5) is 0 Å². The Kier molecular flexibility index (Phi) is 5.85. The summed E-state index contributed by atoms with van der Waals surface area (Å²) < 4.78 is 0. The van der Waals surface area contributed by atoms with E-state index >= 15 is 0 Å². The Hall–Kier alpha value is -0.860. The summed E-state index contributed by atoms with van der Waals surface area (Å²) in [7, 11) is 0. The van der Waals surface area contributed by atoms with Crippen LogP contribution in [-0.4, -0.2) is 17.2 Å². The Morgan fingerprint density at radius 1 is 0.714 bits per heavy atom. The van der Waals surface area contributed by atoms with Gasteiger partial charge in [-0.05, 0) is 33.6 Å². The van der Waals surface area contributed by atoms with E-state index in [0.717, 1.165) is 0 Å². The van der Waals surface area contributed by atoms with Crippen molar-refractivity contribution >= 4 is 11.7 Å². The lowest BCUT2D eigenvalue weighted by Crippen LogP contribution is -2.47. The van der Waals surface area contributed by atoms with Crippen molar-refractivity contribution in [3.8, 4) is 0 Å². The van der Waals surface area contributed by atoms with Crippen LogP contribution in [0.3, 0.4) is 0 Å². The predicted octanol–water partition coefficient (Wildman–Crippen LogP) is 4.35. The second kappa shape index (κ2) is 6.10. The molecular weight excluding hydrogens is 262 g/mol. The highest BCUT2D eigenvalue weighted by atomic mass is 16.2. The van der Waals surface area contributed by atoms with Gasteiger partial charge in [0.15, 0.2) is 0 Å². The van der Waals surface area contributed by atoms with E-state index in [1.54, 1.807) is 0 Å². The number of amides is 1. The van der Waals surface area contributed by atoms with E-state index in [0.29, 0.717) is 12.8 Å². The fourth-order valence-corrected chi connectivity index (χ4v) is 2.38. The molecule has 1 amide bonds. The number of carbonyl (C=O) groups excluding carboxylic acids is 2. The normalized spacial score (nSPS) is 14.0. The third-order valence-electron chi connectivity index (χ3n) is 3.77. The second-order valence-corrected chi connectivity index (χ2v) is 9.55. The Morgan fingerprint density at radius 2 is 1.10 bits per heavy atom. The number of hydrogen-bond acceptors (Lipinski definition) is 2. The third-order valence-corrected chi connectivity index (χ3v) is 3.77. The summed E-state index contributed by atoms with van der Waals surface area (Å²) in [5, 5.41) is 3.03. The van der Waals surface area contributed by atoms with Crippen molar-refractivity contribution in [1.82, 2.24) is 5.32 Å². The third kappa shape index (κ3) is 6.62. The average molecular weight is 297 g/mol. The molecule has 0 heterocycles. The van der Waals surface area contributed by atoms with Gasteiger partial charge in [-0.2, -0.15) is 0 Å². The van der Waals surface area contributed by atoms with Gasteiger partial charge in [0.2, 0.25) is 5.91 Å². The molecule has 0 aromatic carbocycles. The topological polar surface area (TPSA) is 46.2 Å². The van der Waals surface area contributed by atoms with Gasteiger partial charge in [0, 0.05) is 21.8 Å². The summed E-state index contributed by atoms with van der Waals surface area (Å²) >= 11 is 0. The molecule has 21 heavy (non-hydrogen) atoms. The Balaban J connectivity index is 4.83. The molecule has 0 rings (SSSR count). The molecule has 0 saturated heterocycles. The molecule has 1 N–H and O–H groups in total. The van der Waals surface area contributed by atoms with Crippen LogP contribution in [0, 0.1) is 16.2 Å².